The van der Waals surface area contributed by atoms with Crippen LogP contribution in [0.4, 0.5) is 26.3 Å². The van der Waals surface area contributed by atoms with E-state index in [0.717, 1.165) is 4.57 Å². The highest BCUT2D eigenvalue weighted by atomic mass is 32.2. The van der Waals surface area contributed by atoms with Gasteiger partial charge in [-0.3, -0.25) is 9.59 Å². The fourth-order valence-electron chi connectivity index (χ4n) is 4.12. The Morgan fingerprint density at radius 1 is 1.06 bits per heavy atom. The predicted molar refractivity (Wildman–Crippen MR) is 114 cm³/mol. The Hall–Kier alpha value is -2.74. The molecule has 0 radical (unpaired) electrons. The number of carbonyl (C=O) groups is 2. The first-order chi connectivity index (χ1) is 16.5. The Labute approximate surface area is 200 Å². The van der Waals surface area contributed by atoms with Crippen molar-refractivity contribution in [2.45, 2.75) is 38.1 Å². The molecule has 190 valence electrons. The van der Waals surface area contributed by atoms with Crippen molar-refractivity contribution >= 4 is 23.6 Å². The zero-order valence-electron chi connectivity index (χ0n) is 18.2. The van der Waals surface area contributed by atoms with Gasteiger partial charge in [-0.25, -0.2) is 18.2 Å². The average molecular weight is 521 g/mol. The van der Waals surface area contributed by atoms with Crippen LogP contribution in [0.1, 0.15) is 34.0 Å². The molecule has 1 fully saturated rings. The molecule has 1 saturated heterocycles. The van der Waals surface area contributed by atoms with Crippen LogP contribution in [0.3, 0.4) is 0 Å². The molecule has 0 spiro atoms. The summed E-state index contributed by atoms with van der Waals surface area (Å²) in [7, 11) is 0. The number of benzene rings is 1. The monoisotopic (exact) mass is 521 g/mol. The lowest BCUT2D eigenvalue weighted by atomic mass is 10.0. The zero-order valence-corrected chi connectivity index (χ0v) is 19.1. The molecule has 2 aromatic rings. The van der Waals surface area contributed by atoms with Gasteiger partial charge < -0.3 is 20.1 Å². The lowest BCUT2D eigenvalue weighted by Gasteiger charge is -2.30. The highest BCUT2D eigenvalue weighted by Crippen LogP contribution is 2.33. The van der Waals surface area contributed by atoms with Crippen LogP contribution >= 0.6 is 11.8 Å². The topological polar surface area (TPSA) is 84.5 Å². The largest absolute Gasteiger partial charge is 0.449 e. The van der Waals surface area contributed by atoms with Gasteiger partial charge in [0.15, 0.2) is 17.3 Å². The van der Waals surface area contributed by atoms with Crippen LogP contribution in [0.15, 0.2) is 12.1 Å². The highest BCUT2D eigenvalue weighted by molar-refractivity contribution is 7.99. The molecule has 14 heteroatoms. The summed E-state index contributed by atoms with van der Waals surface area (Å²) < 4.78 is 82.0. The van der Waals surface area contributed by atoms with Gasteiger partial charge in [0.05, 0.1) is 18.1 Å². The summed E-state index contributed by atoms with van der Waals surface area (Å²) in [6, 6.07) is 0.102. The van der Waals surface area contributed by atoms with Crippen LogP contribution in [-0.4, -0.2) is 61.9 Å². The predicted octanol–water partition coefficient (Wildman–Crippen LogP) is 2.77. The molecule has 2 N–H and O–H groups in total. The molecule has 2 amide bonds. The van der Waals surface area contributed by atoms with Crippen LogP contribution in [0.5, 0.6) is 0 Å². The van der Waals surface area contributed by atoms with Crippen molar-refractivity contribution < 1.29 is 35.9 Å². The number of rotatable bonds is 5. The number of amides is 2. The fourth-order valence-corrected chi connectivity index (χ4v) is 5.07. The molecule has 1 atom stereocenters. The summed E-state index contributed by atoms with van der Waals surface area (Å²) in [6.07, 6.45) is -5.35. The van der Waals surface area contributed by atoms with Gasteiger partial charge in [0, 0.05) is 43.9 Å². The van der Waals surface area contributed by atoms with Gasteiger partial charge in [-0.2, -0.15) is 13.2 Å². The maximum Gasteiger partial charge on any atom is 0.449 e. The second-order valence-electron chi connectivity index (χ2n) is 8.33. The van der Waals surface area contributed by atoms with Crippen molar-refractivity contribution in [1.82, 2.24) is 19.4 Å². The molecule has 3 heterocycles. The first-order valence-corrected chi connectivity index (χ1v) is 11.8. The lowest BCUT2D eigenvalue weighted by Crippen LogP contribution is -2.42. The summed E-state index contributed by atoms with van der Waals surface area (Å²) >= 11 is 1.47. The van der Waals surface area contributed by atoms with E-state index in [0.29, 0.717) is 30.3 Å². The van der Waals surface area contributed by atoms with Crippen LogP contribution in [-0.2, 0) is 30.5 Å². The van der Waals surface area contributed by atoms with Crippen molar-refractivity contribution in [2.24, 2.45) is 5.73 Å². The van der Waals surface area contributed by atoms with Crippen LogP contribution in [0, 0.1) is 17.5 Å². The molecule has 2 aliphatic rings. The van der Waals surface area contributed by atoms with E-state index in [1.54, 1.807) is 0 Å². The number of nitrogens with two attached hydrogens (primary N) is 1. The minimum Gasteiger partial charge on any atom is -0.335 e. The van der Waals surface area contributed by atoms with E-state index in [9.17, 15) is 35.9 Å². The second-order valence-corrected chi connectivity index (χ2v) is 9.40. The first kappa shape index (κ1) is 25.4. The maximum atomic E-state index is 13.9. The third-order valence-corrected chi connectivity index (χ3v) is 6.83. The van der Waals surface area contributed by atoms with Crippen LogP contribution in [0.25, 0.3) is 0 Å². The van der Waals surface area contributed by atoms with Gasteiger partial charge in [0.1, 0.15) is 5.82 Å². The number of hydrogen-bond acceptors (Lipinski definition) is 5. The SMILES string of the molecule is N[C@@H](CC(=O)N1CCn2c(C(F)(F)F)nc(C(=O)N3CCSC3)c2C1)Cc1cc(F)c(F)cc1F. The number of halogens is 6. The van der Waals surface area contributed by atoms with Crippen LogP contribution in [0.2, 0.25) is 0 Å². The van der Waals surface area contributed by atoms with Crippen molar-refractivity contribution in [2.75, 3.05) is 24.7 Å². The van der Waals surface area contributed by atoms with Gasteiger partial charge in [0.25, 0.3) is 5.91 Å². The Bertz CT molecular complexity index is 1150. The highest BCUT2D eigenvalue weighted by Gasteiger charge is 2.42. The van der Waals surface area contributed by atoms with E-state index < -0.39 is 47.3 Å². The molecule has 7 nitrogen and oxygen atoms in total. The number of carbonyl (C=O) groups excluding carboxylic acids is 2. The van der Waals surface area contributed by atoms with Crippen molar-refractivity contribution in [3.05, 3.63) is 52.4 Å². The quantitative estimate of drug-likeness (QED) is 0.483. The minimum atomic E-state index is -4.78. The van der Waals surface area contributed by atoms with Gasteiger partial charge in [-0.1, -0.05) is 0 Å². The van der Waals surface area contributed by atoms with Crippen molar-refractivity contribution in [3.8, 4) is 0 Å². The van der Waals surface area contributed by atoms with Crippen molar-refractivity contribution in [3.63, 3.8) is 0 Å². The molecule has 0 saturated carbocycles. The minimum absolute atomic E-state index is 0.0148. The van der Waals surface area contributed by atoms with Crippen molar-refractivity contribution in [1.29, 1.82) is 0 Å². The van der Waals surface area contributed by atoms with E-state index in [-0.39, 0.29) is 49.4 Å². The Balaban J connectivity index is 1.51. The van der Waals surface area contributed by atoms with E-state index in [4.69, 9.17) is 5.73 Å². The van der Waals surface area contributed by atoms with E-state index in [1.807, 2.05) is 0 Å². The van der Waals surface area contributed by atoms with Crippen LogP contribution < -0.4 is 5.73 Å². The van der Waals surface area contributed by atoms with E-state index in [2.05, 4.69) is 4.98 Å². The molecule has 1 aromatic heterocycles. The molecule has 1 aromatic carbocycles. The molecule has 0 aliphatic carbocycles. The number of thioether (sulfide) groups is 1. The third-order valence-electron chi connectivity index (χ3n) is 5.86. The standard InChI is InChI=1S/C21H21F6N5O2S/c22-13-8-15(24)14(23)6-11(13)5-12(28)7-17(33)30-1-2-32-16(9-30)18(29-20(32)21(25,26)27)19(34)31-3-4-35-10-31/h6,8,12H,1-5,7,9-10,28H2/t12-/m1/s1. The third kappa shape index (κ3) is 5.27. The molecule has 0 bridgehead atoms. The van der Waals surface area contributed by atoms with Gasteiger partial charge in [0.2, 0.25) is 11.7 Å². The molecular weight excluding hydrogens is 500 g/mol. The summed E-state index contributed by atoms with van der Waals surface area (Å²) in [5, 5.41) is 0. The van der Waals surface area contributed by atoms with E-state index >= 15 is 0 Å². The number of nitrogens with zero attached hydrogens (tertiary/aromatic N) is 4. The second kappa shape index (κ2) is 9.72. The Kier molecular flexibility index (Phi) is 7.04. The normalized spacial score (nSPS) is 17.0. The number of imidazole rings is 1. The molecule has 2 aliphatic heterocycles. The first-order valence-electron chi connectivity index (χ1n) is 10.7. The lowest BCUT2D eigenvalue weighted by molar-refractivity contribution is -0.148. The van der Waals surface area contributed by atoms with Gasteiger partial charge in [-0.15, -0.1) is 11.8 Å². The Morgan fingerprint density at radius 2 is 1.77 bits per heavy atom. The Morgan fingerprint density at radius 3 is 2.43 bits per heavy atom. The molecule has 4 rings (SSSR count). The number of aromatic nitrogens is 2. The molecule has 0 unspecified atom stereocenters. The average Bonchev–Trinajstić information content (AvgIpc) is 3.44. The molecule has 35 heavy (non-hydrogen) atoms. The smallest absolute Gasteiger partial charge is 0.335 e. The van der Waals surface area contributed by atoms with Gasteiger partial charge >= 0.3 is 6.18 Å². The van der Waals surface area contributed by atoms with Gasteiger partial charge in [-0.05, 0) is 18.1 Å². The number of hydrogen-bond donors (Lipinski definition) is 1. The number of alkyl halides is 3. The summed E-state index contributed by atoms with van der Waals surface area (Å²) in [5.41, 5.74) is 5.37. The van der Waals surface area contributed by atoms with E-state index in [1.165, 1.54) is 21.6 Å². The zero-order chi connectivity index (χ0) is 25.5. The number of fused-ring (bicyclic) bond motifs is 1. The maximum absolute atomic E-state index is 13.9. The summed E-state index contributed by atoms with van der Waals surface area (Å²) in [6.45, 7) is -0.200. The summed E-state index contributed by atoms with van der Waals surface area (Å²) in [4.78, 5) is 31.9. The summed E-state index contributed by atoms with van der Waals surface area (Å²) in [5.74, 6) is -4.96. The fraction of sp³-hybridized carbons (Fsp3) is 0.476. The molecular formula is C21H21F6N5O2S.